The number of rotatable bonds is 3. The van der Waals surface area contributed by atoms with Gasteiger partial charge in [-0.3, -0.25) is 0 Å². The third-order valence-corrected chi connectivity index (χ3v) is 7.96. The smallest absolute Gasteiger partial charge is 0.243 e. The lowest BCUT2D eigenvalue weighted by molar-refractivity contribution is 0.266. The van der Waals surface area contributed by atoms with Crippen molar-refractivity contribution in [1.82, 2.24) is 9.21 Å². The van der Waals surface area contributed by atoms with E-state index in [4.69, 9.17) is 14.5 Å². The van der Waals surface area contributed by atoms with E-state index in [1.165, 1.54) is 16.4 Å². The van der Waals surface area contributed by atoms with Gasteiger partial charge in [0, 0.05) is 32.2 Å². The molecule has 0 atom stereocenters. The topological polar surface area (TPSA) is 71.4 Å². The molecule has 7 nitrogen and oxygen atoms in total. The van der Waals surface area contributed by atoms with Crippen molar-refractivity contribution in [2.24, 2.45) is 4.99 Å². The summed E-state index contributed by atoms with van der Waals surface area (Å²) < 4.78 is 53.1. The first-order chi connectivity index (χ1) is 16.4. The maximum absolute atomic E-state index is 14.0. The van der Waals surface area contributed by atoms with Crippen molar-refractivity contribution in [3.63, 3.8) is 0 Å². The average Bonchev–Trinajstić information content (AvgIpc) is 3.01. The number of sulfonamides is 1. The molecule has 3 aromatic carbocycles. The molecule has 3 aromatic rings. The third kappa shape index (κ3) is 4.01. The standard InChI is InChI=1S/C25H24FN3O4S/c1-17-7-9-19(16-21(17)26)34(30,31)29-13-11-28(12-14-29)25-20-10-8-18(32-2)15-24(20)33-23-6-4-3-5-22(23)27-25/h3-10,15-16H,11-14H2,1-2H3. The van der Waals surface area contributed by atoms with Crippen LogP contribution in [-0.2, 0) is 10.0 Å². The van der Waals surface area contributed by atoms with Gasteiger partial charge in [-0.2, -0.15) is 4.31 Å². The summed E-state index contributed by atoms with van der Waals surface area (Å²) in [7, 11) is -2.20. The van der Waals surface area contributed by atoms with Gasteiger partial charge in [0.2, 0.25) is 10.0 Å². The van der Waals surface area contributed by atoms with E-state index in [1.807, 2.05) is 42.5 Å². The summed E-state index contributed by atoms with van der Waals surface area (Å²) in [4.78, 5) is 6.91. The molecule has 34 heavy (non-hydrogen) atoms. The number of benzene rings is 3. The molecule has 176 valence electrons. The lowest BCUT2D eigenvalue weighted by atomic mass is 10.1. The largest absolute Gasteiger partial charge is 0.497 e. The van der Waals surface area contributed by atoms with Gasteiger partial charge >= 0.3 is 0 Å². The first-order valence-electron chi connectivity index (χ1n) is 10.9. The number of ether oxygens (including phenoxy) is 2. The zero-order valence-electron chi connectivity index (χ0n) is 18.9. The van der Waals surface area contributed by atoms with E-state index < -0.39 is 15.8 Å². The van der Waals surface area contributed by atoms with Crippen molar-refractivity contribution in [1.29, 1.82) is 0 Å². The molecule has 2 heterocycles. The van der Waals surface area contributed by atoms with Crippen LogP contribution < -0.4 is 9.47 Å². The molecule has 1 fully saturated rings. The molecule has 5 rings (SSSR count). The second-order valence-electron chi connectivity index (χ2n) is 8.17. The van der Waals surface area contributed by atoms with E-state index in [0.29, 0.717) is 47.4 Å². The number of aryl methyl sites for hydroxylation is 1. The van der Waals surface area contributed by atoms with Crippen molar-refractivity contribution < 1.29 is 22.3 Å². The molecule has 0 aliphatic carbocycles. The Morgan fingerprint density at radius 1 is 0.971 bits per heavy atom. The predicted molar refractivity (Wildman–Crippen MR) is 127 cm³/mol. The summed E-state index contributed by atoms with van der Waals surface area (Å²) in [5, 5.41) is 0. The number of hydrogen-bond donors (Lipinski definition) is 0. The number of fused-ring (bicyclic) bond motifs is 2. The van der Waals surface area contributed by atoms with Crippen LogP contribution in [0.3, 0.4) is 0 Å². The van der Waals surface area contributed by atoms with Gasteiger partial charge in [0.1, 0.15) is 28.8 Å². The minimum atomic E-state index is -3.80. The summed E-state index contributed by atoms with van der Waals surface area (Å²) in [5.74, 6) is 2.10. The molecule has 0 unspecified atom stereocenters. The third-order valence-electron chi connectivity index (χ3n) is 6.06. The SMILES string of the molecule is COc1ccc2c(c1)Oc1ccccc1N=C2N1CCN(S(=O)(=O)c2ccc(C)c(F)c2)CC1. The number of amidine groups is 1. The normalized spacial score (nSPS) is 16.1. The van der Waals surface area contributed by atoms with Crippen LogP contribution in [0.2, 0.25) is 0 Å². The molecule has 0 N–H and O–H groups in total. The van der Waals surface area contributed by atoms with Crippen LogP contribution in [0.1, 0.15) is 11.1 Å². The Kier molecular flexibility index (Phi) is 5.75. The van der Waals surface area contributed by atoms with Gasteiger partial charge in [0.15, 0.2) is 5.75 Å². The molecule has 0 bridgehead atoms. The number of methoxy groups -OCH3 is 1. The highest BCUT2D eigenvalue weighted by Gasteiger charge is 2.32. The van der Waals surface area contributed by atoms with Crippen molar-refractivity contribution in [2.75, 3.05) is 33.3 Å². The molecule has 0 radical (unpaired) electrons. The number of hydrogen-bond acceptors (Lipinski definition) is 6. The number of aliphatic imine (C=N–C) groups is 1. The lowest BCUT2D eigenvalue weighted by Gasteiger charge is -2.36. The minimum Gasteiger partial charge on any atom is -0.497 e. The summed E-state index contributed by atoms with van der Waals surface area (Å²) in [6.45, 7) is 2.98. The van der Waals surface area contributed by atoms with E-state index in [0.717, 1.165) is 11.6 Å². The van der Waals surface area contributed by atoms with Crippen LogP contribution in [0, 0.1) is 12.7 Å². The highest BCUT2D eigenvalue weighted by atomic mass is 32.2. The zero-order valence-corrected chi connectivity index (χ0v) is 19.7. The highest BCUT2D eigenvalue weighted by Crippen LogP contribution is 2.39. The van der Waals surface area contributed by atoms with Crippen molar-refractivity contribution in [3.05, 3.63) is 77.6 Å². The van der Waals surface area contributed by atoms with E-state index in [9.17, 15) is 12.8 Å². The maximum atomic E-state index is 14.0. The molecule has 0 saturated carbocycles. The van der Waals surface area contributed by atoms with Gasteiger partial charge in [-0.05, 0) is 48.9 Å². The summed E-state index contributed by atoms with van der Waals surface area (Å²) in [6, 6.07) is 17.1. The Morgan fingerprint density at radius 3 is 2.47 bits per heavy atom. The maximum Gasteiger partial charge on any atom is 0.243 e. The second-order valence-corrected chi connectivity index (χ2v) is 10.1. The monoisotopic (exact) mass is 481 g/mol. The second kappa shape index (κ2) is 8.73. The number of halogens is 1. The van der Waals surface area contributed by atoms with Crippen LogP contribution in [-0.4, -0.2) is 56.7 Å². The fourth-order valence-electron chi connectivity index (χ4n) is 4.09. The molecule has 0 spiro atoms. The molecular formula is C25H24FN3O4S. The van der Waals surface area contributed by atoms with Gasteiger partial charge in [-0.25, -0.2) is 17.8 Å². The van der Waals surface area contributed by atoms with Gasteiger partial charge in [-0.15, -0.1) is 0 Å². The Bertz CT molecular complexity index is 1380. The summed E-state index contributed by atoms with van der Waals surface area (Å²) in [6.07, 6.45) is 0. The van der Waals surface area contributed by atoms with Gasteiger partial charge in [-0.1, -0.05) is 18.2 Å². The summed E-state index contributed by atoms with van der Waals surface area (Å²) in [5.41, 5.74) is 1.90. The first-order valence-corrected chi connectivity index (χ1v) is 12.4. The molecular weight excluding hydrogens is 457 g/mol. The Hall–Kier alpha value is -3.43. The molecule has 0 aromatic heterocycles. The van der Waals surface area contributed by atoms with Crippen molar-refractivity contribution in [2.45, 2.75) is 11.8 Å². The number of piperazine rings is 1. The fraction of sp³-hybridized carbons (Fsp3) is 0.240. The van der Waals surface area contributed by atoms with Crippen LogP contribution >= 0.6 is 0 Å². The molecule has 9 heteroatoms. The fourth-order valence-corrected chi connectivity index (χ4v) is 5.53. The zero-order chi connectivity index (χ0) is 23.9. The predicted octanol–water partition coefficient (Wildman–Crippen LogP) is 4.33. The van der Waals surface area contributed by atoms with Crippen LogP contribution in [0.4, 0.5) is 10.1 Å². The molecule has 0 amide bonds. The first kappa shape index (κ1) is 22.4. The number of nitrogens with zero attached hydrogens (tertiary/aromatic N) is 3. The summed E-state index contributed by atoms with van der Waals surface area (Å²) >= 11 is 0. The Labute approximate surface area is 198 Å². The van der Waals surface area contributed by atoms with E-state index >= 15 is 0 Å². The quantitative estimate of drug-likeness (QED) is 0.557. The van der Waals surface area contributed by atoms with Crippen LogP contribution in [0.15, 0.2) is 70.6 Å². The molecule has 2 aliphatic rings. The molecule has 2 aliphatic heterocycles. The van der Waals surface area contributed by atoms with E-state index in [-0.39, 0.29) is 18.0 Å². The highest BCUT2D eigenvalue weighted by molar-refractivity contribution is 7.89. The van der Waals surface area contributed by atoms with E-state index in [1.54, 1.807) is 14.0 Å². The number of para-hydroxylation sites is 2. The lowest BCUT2D eigenvalue weighted by Crippen LogP contribution is -2.50. The Balaban J connectivity index is 1.44. The minimum absolute atomic E-state index is 0.0318. The van der Waals surface area contributed by atoms with Gasteiger partial charge in [0.05, 0.1) is 17.6 Å². The van der Waals surface area contributed by atoms with Gasteiger partial charge in [0.25, 0.3) is 0 Å². The van der Waals surface area contributed by atoms with E-state index in [2.05, 4.69) is 4.90 Å². The van der Waals surface area contributed by atoms with Gasteiger partial charge < -0.3 is 14.4 Å². The Morgan fingerprint density at radius 2 is 1.74 bits per heavy atom. The van der Waals surface area contributed by atoms with Crippen LogP contribution in [0.5, 0.6) is 17.2 Å². The van der Waals surface area contributed by atoms with Crippen LogP contribution in [0.25, 0.3) is 0 Å². The molecule has 1 saturated heterocycles. The van der Waals surface area contributed by atoms with Crippen molar-refractivity contribution in [3.8, 4) is 17.2 Å². The van der Waals surface area contributed by atoms with Crippen molar-refractivity contribution >= 4 is 21.5 Å². The average molecular weight is 482 g/mol.